The van der Waals surface area contributed by atoms with E-state index in [1.807, 2.05) is 32.0 Å². The van der Waals surface area contributed by atoms with Crippen LogP contribution in [0.5, 0.6) is 5.75 Å². The van der Waals surface area contributed by atoms with Crippen molar-refractivity contribution in [2.75, 3.05) is 30.4 Å². The Labute approximate surface area is 199 Å². The second-order valence-corrected chi connectivity index (χ2v) is 9.53. The number of benzene rings is 3. The van der Waals surface area contributed by atoms with Gasteiger partial charge in [0.1, 0.15) is 5.75 Å². The lowest BCUT2D eigenvalue weighted by molar-refractivity contribution is -0.119. The molecule has 3 aromatic rings. The molecule has 9 heteroatoms. The fourth-order valence-corrected chi connectivity index (χ4v) is 4.55. The lowest BCUT2D eigenvalue weighted by Crippen LogP contribution is -2.27. The Kier molecular flexibility index (Phi) is 7.57. The minimum Gasteiger partial charge on any atom is -0.495 e. The number of amides is 1. The number of sulfonamides is 1. The number of rotatable bonds is 8. The number of carbonyl (C=O) groups excluding carboxylic acids is 2. The summed E-state index contributed by atoms with van der Waals surface area (Å²) < 4.78 is 37.5. The van der Waals surface area contributed by atoms with Crippen molar-refractivity contribution in [3.05, 3.63) is 83.4 Å². The largest absolute Gasteiger partial charge is 0.495 e. The number of hydrogen-bond donors (Lipinski definition) is 1. The van der Waals surface area contributed by atoms with Crippen LogP contribution in [-0.4, -0.2) is 41.1 Å². The lowest BCUT2D eigenvalue weighted by atomic mass is 10.1. The molecule has 0 aliphatic heterocycles. The van der Waals surface area contributed by atoms with Gasteiger partial charge in [-0.25, -0.2) is 13.2 Å². The zero-order chi connectivity index (χ0) is 24.9. The van der Waals surface area contributed by atoms with Gasteiger partial charge in [-0.05, 0) is 61.4 Å². The Morgan fingerprint density at radius 3 is 2.15 bits per heavy atom. The van der Waals surface area contributed by atoms with Crippen LogP contribution < -0.4 is 14.4 Å². The minimum absolute atomic E-state index is 0.00905. The van der Waals surface area contributed by atoms with Crippen LogP contribution in [0.15, 0.2) is 71.6 Å². The summed E-state index contributed by atoms with van der Waals surface area (Å²) in [6.07, 6.45) is 0. The standard InChI is InChI=1S/C25H26N2O6S/c1-17-8-7-9-18(2)24(17)26-23(28)16-33-25(29)19-12-14-20(15-13-19)34(30,31)27(3)21-10-5-6-11-22(21)32-4/h5-15H,16H2,1-4H3,(H,26,28). The molecule has 0 bridgehead atoms. The van der Waals surface area contributed by atoms with E-state index in [4.69, 9.17) is 9.47 Å². The molecule has 0 fully saturated rings. The molecule has 0 unspecified atom stereocenters. The van der Waals surface area contributed by atoms with Gasteiger partial charge in [0.15, 0.2) is 6.61 Å². The minimum atomic E-state index is -3.90. The van der Waals surface area contributed by atoms with E-state index in [1.54, 1.807) is 24.3 Å². The predicted octanol–water partition coefficient (Wildman–Crippen LogP) is 3.93. The van der Waals surface area contributed by atoms with E-state index < -0.39 is 28.5 Å². The smallest absolute Gasteiger partial charge is 0.338 e. The van der Waals surface area contributed by atoms with Gasteiger partial charge in [-0.2, -0.15) is 0 Å². The van der Waals surface area contributed by atoms with E-state index in [9.17, 15) is 18.0 Å². The van der Waals surface area contributed by atoms with Crippen LogP contribution in [-0.2, 0) is 19.6 Å². The normalized spacial score (nSPS) is 10.9. The van der Waals surface area contributed by atoms with Crippen molar-refractivity contribution in [2.45, 2.75) is 18.7 Å². The molecule has 0 aliphatic carbocycles. The second kappa shape index (κ2) is 10.4. The Morgan fingerprint density at radius 2 is 1.53 bits per heavy atom. The fraction of sp³-hybridized carbons (Fsp3) is 0.200. The maximum atomic E-state index is 13.0. The van der Waals surface area contributed by atoms with Crippen LogP contribution in [0.25, 0.3) is 0 Å². The van der Waals surface area contributed by atoms with Crippen molar-refractivity contribution in [2.24, 2.45) is 0 Å². The number of nitrogens with one attached hydrogen (secondary N) is 1. The van der Waals surface area contributed by atoms with Crippen LogP contribution in [0.2, 0.25) is 0 Å². The first-order chi connectivity index (χ1) is 16.1. The zero-order valence-electron chi connectivity index (χ0n) is 19.4. The van der Waals surface area contributed by atoms with Gasteiger partial charge in [0.25, 0.3) is 15.9 Å². The summed E-state index contributed by atoms with van der Waals surface area (Å²) in [6, 6.07) is 17.7. The maximum absolute atomic E-state index is 13.0. The third-order valence-electron chi connectivity index (χ3n) is 5.25. The molecule has 3 aromatic carbocycles. The molecule has 178 valence electrons. The number of hydrogen-bond acceptors (Lipinski definition) is 6. The van der Waals surface area contributed by atoms with E-state index >= 15 is 0 Å². The second-order valence-electron chi connectivity index (χ2n) is 7.56. The Balaban J connectivity index is 1.66. The van der Waals surface area contributed by atoms with Crippen LogP contribution >= 0.6 is 0 Å². The molecule has 0 saturated heterocycles. The molecular formula is C25H26N2O6S. The number of methoxy groups -OCH3 is 1. The molecule has 0 heterocycles. The summed E-state index contributed by atoms with van der Waals surface area (Å²) in [5, 5.41) is 2.74. The van der Waals surface area contributed by atoms with Gasteiger partial charge >= 0.3 is 5.97 Å². The van der Waals surface area contributed by atoms with Gasteiger partial charge in [-0.1, -0.05) is 30.3 Å². The molecule has 8 nitrogen and oxygen atoms in total. The van der Waals surface area contributed by atoms with Gasteiger partial charge in [-0.3, -0.25) is 9.10 Å². The van der Waals surface area contributed by atoms with Crippen LogP contribution in [0.3, 0.4) is 0 Å². The first-order valence-electron chi connectivity index (χ1n) is 10.4. The van der Waals surface area contributed by atoms with E-state index in [1.165, 1.54) is 38.4 Å². The summed E-state index contributed by atoms with van der Waals surface area (Å²) in [6.45, 7) is 3.27. The fourth-order valence-electron chi connectivity index (χ4n) is 3.34. The van der Waals surface area contributed by atoms with E-state index in [0.29, 0.717) is 17.1 Å². The van der Waals surface area contributed by atoms with Gasteiger partial charge < -0.3 is 14.8 Å². The van der Waals surface area contributed by atoms with E-state index in [-0.39, 0.29) is 10.5 Å². The number of para-hydroxylation sites is 3. The SMILES string of the molecule is COc1ccccc1N(C)S(=O)(=O)c1ccc(C(=O)OCC(=O)Nc2c(C)cccc2C)cc1. The van der Waals surface area contributed by atoms with Crippen molar-refractivity contribution in [3.63, 3.8) is 0 Å². The van der Waals surface area contributed by atoms with E-state index in [2.05, 4.69) is 5.32 Å². The van der Waals surface area contributed by atoms with Gasteiger partial charge in [0.2, 0.25) is 0 Å². The summed E-state index contributed by atoms with van der Waals surface area (Å²) in [5.74, 6) is -0.796. The molecular weight excluding hydrogens is 456 g/mol. The number of nitrogens with zero attached hydrogens (tertiary/aromatic N) is 1. The summed E-state index contributed by atoms with van der Waals surface area (Å²) in [5.41, 5.74) is 2.98. The highest BCUT2D eigenvalue weighted by atomic mass is 32.2. The van der Waals surface area contributed by atoms with Crippen molar-refractivity contribution in [1.82, 2.24) is 0 Å². The molecule has 1 amide bonds. The van der Waals surface area contributed by atoms with Gasteiger partial charge in [0.05, 0.1) is 23.3 Å². The zero-order valence-corrected chi connectivity index (χ0v) is 20.2. The average Bonchev–Trinajstić information content (AvgIpc) is 2.84. The Morgan fingerprint density at radius 1 is 0.912 bits per heavy atom. The lowest BCUT2D eigenvalue weighted by Gasteiger charge is -2.21. The molecule has 0 aromatic heterocycles. The van der Waals surface area contributed by atoms with Crippen LogP contribution in [0, 0.1) is 13.8 Å². The average molecular weight is 483 g/mol. The summed E-state index contributed by atoms with van der Waals surface area (Å²) >= 11 is 0. The summed E-state index contributed by atoms with van der Waals surface area (Å²) in [4.78, 5) is 24.6. The molecule has 0 aliphatic rings. The summed E-state index contributed by atoms with van der Waals surface area (Å²) in [7, 11) is -1.02. The predicted molar refractivity (Wildman–Crippen MR) is 130 cm³/mol. The maximum Gasteiger partial charge on any atom is 0.338 e. The number of carbonyl (C=O) groups is 2. The third-order valence-corrected chi connectivity index (χ3v) is 7.04. The first kappa shape index (κ1) is 24.8. The molecule has 0 atom stereocenters. The van der Waals surface area contributed by atoms with Crippen molar-refractivity contribution >= 4 is 33.3 Å². The molecule has 0 radical (unpaired) electrons. The molecule has 1 N–H and O–H groups in total. The topological polar surface area (TPSA) is 102 Å². The van der Waals surface area contributed by atoms with Crippen LogP contribution in [0.4, 0.5) is 11.4 Å². The monoisotopic (exact) mass is 482 g/mol. The van der Waals surface area contributed by atoms with Gasteiger partial charge in [0, 0.05) is 12.7 Å². The quantitative estimate of drug-likeness (QED) is 0.488. The van der Waals surface area contributed by atoms with Crippen LogP contribution in [0.1, 0.15) is 21.5 Å². The Bertz CT molecular complexity index is 1280. The molecule has 0 spiro atoms. The highest BCUT2D eigenvalue weighted by Gasteiger charge is 2.24. The van der Waals surface area contributed by atoms with E-state index in [0.717, 1.165) is 15.4 Å². The highest BCUT2D eigenvalue weighted by molar-refractivity contribution is 7.92. The number of esters is 1. The Hall–Kier alpha value is -3.85. The molecule has 3 rings (SSSR count). The van der Waals surface area contributed by atoms with Crippen molar-refractivity contribution < 1.29 is 27.5 Å². The highest BCUT2D eigenvalue weighted by Crippen LogP contribution is 2.30. The number of ether oxygens (including phenoxy) is 2. The first-order valence-corrected chi connectivity index (χ1v) is 11.8. The third kappa shape index (κ3) is 5.37. The van der Waals surface area contributed by atoms with Crippen molar-refractivity contribution in [3.8, 4) is 5.75 Å². The molecule has 0 saturated carbocycles. The number of anilines is 2. The van der Waals surface area contributed by atoms with Crippen molar-refractivity contribution in [1.29, 1.82) is 0 Å². The molecule has 34 heavy (non-hydrogen) atoms. The number of aryl methyl sites for hydroxylation is 2. The van der Waals surface area contributed by atoms with Gasteiger partial charge in [-0.15, -0.1) is 0 Å².